The van der Waals surface area contributed by atoms with E-state index in [-0.39, 0.29) is 68.5 Å². The molecule has 1 aliphatic heterocycles. The molecule has 8 amide bonds. The Morgan fingerprint density at radius 1 is 0.902 bits per heavy atom. The highest BCUT2D eigenvalue weighted by Crippen LogP contribution is 2.26. The number of hydroxylamine groups is 1. The normalized spacial score (nSPS) is 14.2. The van der Waals surface area contributed by atoms with Gasteiger partial charge in [-0.05, 0) is 56.2 Å². The van der Waals surface area contributed by atoms with Gasteiger partial charge in [0.1, 0.15) is 12.6 Å². The van der Waals surface area contributed by atoms with E-state index >= 15 is 0 Å². The molecular formula is C35H57N7O9. The van der Waals surface area contributed by atoms with E-state index in [0.717, 1.165) is 0 Å². The van der Waals surface area contributed by atoms with Crippen molar-refractivity contribution in [3.63, 3.8) is 0 Å². The van der Waals surface area contributed by atoms with E-state index in [9.17, 15) is 33.6 Å². The van der Waals surface area contributed by atoms with Gasteiger partial charge in [0.2, 0.25) is 29.5 Å². The molecule has 0 aromatic heterocycles. The molecule has 1 aromatic carbocycles. The summed E-state index contributed by atoms with van der Waals surface area (Å²) in [6, 6.07) is 5.10. The summed E-state index contributed by atoms with van der Waals surface area (Å²) in [6.07, 6.45) is 3.36. The molecule has 286 valence electrons. The van der Waals surface area contributed by atoms with Gasteiger partial charge < -0.3 is 31.3 Å². The number of hydrogen-bond acceptors (Lipinski definition) is 9. The lowest BCUT2D eigenvalue weighted by Crippen LogP contribution is -2.47. The van der Waals surface area contributed by atoms with Crippen molar-refractivity contribution in [1.82, 2.24) is 31.6 Å². The van der Waals surface area contributed by atoms with E-state index < -0.39 is 30.0 Å². The molecule has 1 aromatic rings. The summed E-state index contributed by atoms with van der Waals surface area (Å²) in [5, 5.41) is 13.0. The summed E-state index contributed by atoms with van der Waals surface area (Å²) in [7, 11) is 1.29. The molecule has 0 bridgehead atoms. The first-order chi connectivity index (χ1) is 24.4. The van der Waals surface area contributed by atoms with Gasteiger partial charge in [-0.3, -0.25) is 33.7 Å². The number of hydrogen-bond donors (Lipinski definition) is 6. The monoisotopic (exact) mass is 719 g/mol. The molecule has 0 radical (unpaired) electrons. The zero-order chi connectivity index (χ0) is 38.2. The number of ether oxygens (including phenoxy) is 1. The maximum atomic E-state index is 13.1. The predicted molar refractivity (Wildman–Crippen MR) is 191 cm³/mol. The Bertz CT molecular complexity index is 1270. The Kier molecular flexibility index (Phi) is 21.9. The molecule has 1 saturated heterocycles. The highest BCUT2D eigenvalue weighted by Gasteiger charge is 2.39. The first-order valence-corrected chi connectivity index (χ1v) is 17.6. The molecule has 16 nitrogen and oxygen atoms in total. The Morgan fingerprint density at radius 2 is 1.59 bits per heavy atom. The summed E-state index contributed by atoms with van der Waals surface area (Å²) in [4.78, 5) is 91.7. The first kappa shape index (κ1) is 44.3. The number of nitrogens with zero attached hydrogens (tertiary/aromatic N) is 1. The van der Waals surface area contributed by atoms with Gasteiger partial charge in [0.05, 0.1) is 13.7 Å². The zero-order valence-electron chi connectivity index (χ0n) is 30.9. The SMILES string of the molecule is CCC.CCNC(=O)OCc1ccc(NC(=O)C(CCCNC(=O)NOC)NC(=O)CNC(=O)CCCCCN2C(=O)CC(C(C)C)C2=O)cc1. The molecule has 0 aliphatic carbocycles. The van der Waals surface area contributed by atoms with Crippen LogP contribution in [-0.4, -0.2) is 85.9 Å². The van der Waals surface area contributed by atoms with Crippen LogP contribution in [0.25, 0.3) is 0 Å². The predicted octanol–water partition coefficient (Wildman–Crippen LogP) is 3.12. The zero-order valence-corrected chi connectivity index (χ0v) is 30.9. The van der Waals surface area contributed by atoms with Gasteiger partial charge in [0.25, 0.3) is 0 Å². The number of likely N-dealkylation sites (tertiary alicyclic amines) is 1. The minimum atomic E-state index is -0.978. The molecule has 1 aliphatic rings. The largest absolute Gasteiger partial charge is 0.445 e. The van der Waals surface area contributed by atoms with Crippen LogP contribution >= 0.6 is 0 Å². The fraction of sp³-hybridized carbons (Fsp3) is 0.629. The van der Waals surface area contributed by atoms with Crippen molar-refractivity contribution >= 4 is 47.3 Å². The lowest BCUT2D eigenvalue weighted by atomic mass is 9.94. The standard InChI is InChI=1S/C32H49N7O9.C3H8/c1-5-33-32(46)48-20-22-12-14-23(15-13-22)36-29(43)25(10-9-16-34-31(45)38-47-4)37-27(41)19-35-26(40)11-7-6-8-17-39-28(42)18-24(21(2)3)30(39)44;1-3-2/h12-15,21,24-25H,5-11,16-20H2,1-4H3,(H,33,46)(H,35,40)(H,36,43)(H,37,41)(H2,34,38,45);3H2,1-2H3. The third-order valence-electron chi connectivity index (χ3n) is 7.53. The Balaban J connectivity index is 0.00000418. The van der Waals surface area contributed by atoms with Crippen LogP contribution in [0.3, 0.4) is 0 Å². The van der Waals surface area contributed by atoms with Crippen molar-refractivity contribution in [2.45, 2.75) is 98.6 Å². The van der Waals surface area contributed by atoms with Crippen LogP contribution in [0, 0.1) is 11.8 Å². The van der Waals surface area contributed by atoms with Gasteiger partial charge >= 0.3 is 12.1 Å². The molecule has 2 unspecified atom stereocenters. The van der Waals surface area contributed by atoms with Gasteiger partial charge in [-0.2, -0.15) is 0 Å². The van der Waals surface area contributed by atoms with Crippen molar-refractivity contribution < 1.29 is 43.1 Å². The Morgan fingerprint density at radius 3 is 2.20 bits per heavy atom. The fourth-order valence-corrected chi connectivity index (χ4v) is 4.87. The summed E-state index contributed by atoms with van der Waals surface area (Å²) >= 11 is 0. The van der Waals surface area contributed by atoms with E-state index in [0.29, 0.717) is 50.0 Å². The number of urea groups is 1. The number of alkyl carbamates (subject to hydrolysis) is 1. The smallest absolute Gasteiger partial charge is 0.407 e. The molecule has 1 heterocycles. The highest BCUT2D eigenvalue weighted by molar-refractivity contribution is 6.03. The van der Waals surface area contributed by atoms with Crippen molar-refractivity contribution in [3.8, 4) is 0 Å². The van der Waals surface area contributed by atoms with Gasteiger partial charge in [0, 0.05) is 44.1 Å². The quantitative estimate of drug-likeness (QED) is 0.0663. The highest BCUT2D eigenvalue weighted by atomic mass is 16.6. The van der Waals surface area contributed by atoms with Gasteiger partial charge in [-0.1, -0.05) is 52.7 Å². The Hall–Kier alpha value is -4.73. The van der Waals surface area contributed by atoms with Crippen molar-refractivity contribution in [2.75, 3.05) is 38.6 Å². The molecule has 2 atom stereocenters. The first-order valence-electron chi connectivity index (χ1n) is 17.6. The fourth-order valence-electron chi connectivity index (χ4n) is 4.87. The summed E-state index contributed by atoms with van der Waals surface area (Å²) in [5.74, 6) is -1.86. The third kappa shape index (κ3) is 18.2. The topological polar surface area (TPSA) is 213 Å². The van der Waals surface area contributed by atoms with Crippen LogP contribution in [-0.2, 0) is 40.2 Å². The average Bonchev–Trinajstić information content (AvgIpc) is 3.37. The number of carbonyl (C=O) groups excluding carboxylic acids is 7. The third-order valence-corrected chi connectivity index (χ3v) is 7.53. The van der Waals surface area contributed by atoms with Crippen LogP contribution in [0.15, 0.2) is 24.3 Å². The lowest BCUT2D eigenvalue weighted by molar-refractivity contribution is -0.140. The van der Waals surface area contributed by atoms with Gasteiger partial charge in [-0.25, -0.2) is 15.1 Å². The molecule has 16 heteroatoms. The molecule has 0 saturated carbocycles. The van der Waals surface area contributed by atoms with Crippen LogP contribution in [0.4, 0.5) is 15.3 Å². The maximum Gasteiger partial charge on any atom is 0.407 e. The van der Waals surface area contributed by atoms with Crippen molar-refractivity contribution in [2.24, 2.45) is 11.8 Å². The molecule has 6 N–H and O–H groups in total. The van der Waals surface area contributed by atoms with E-state index in [1.807, 2.05) is 13.8 Å². The van der Waals surface area contributed by atoms with E-state index in [2.05, 4.69) is 50.7 Å². The second kappa shape index (κ2) is 25.3. The number of rotatable bonds is 20. The second-order valence-electron chi connectivity index (χ2n) is 12.3. The molecule has 2 rings (SSSR count). The van der Waals surface area contributed by atoms with E-state index in [1.165, 1.54) is 18.4 Å². The minimum Gasteiger partial charge on any atom is -0.445 e. The molecule has 1 fully saturated rings. The molecule has 51 heavy (non-hydrogen) atoms. The second-order valence-corrected chi connectivity index (χ2v) is 12.3. The van der Waals surface area contributed by atoms with Crippen molar-refractivity contribution in [1.29, 1.82) is 0 Å². The van der Waals surface area contributed by atoms with Crippen LogP contribution < -0.4 is 32.1 Å². The minimum absolute atomic E-state index is 0.0492. The molecular weight excluding hydrogens is 662 g/mol. The number of anilines is 1. The van der Waals surface area contributed by atoms with Crippen LogP contribution in [0.5, 0.6) is 0 Å². The number of amides is 8. The van der Waals surface area contributed by atoms with Crippen molar-refractivity contribution in [3.05, 3.63) is 29.8 Å². The van der Waals surface area contributed by atoms with Gasteiger partial charge in [0.15, 0.2) is 0 Å². The average molecular weight is 720 g/mol. The number of carbonyl (C=O) groups is 7. The number of unbranched alkanes of at least 4 members (excludes halogenated alkanes) is 2. The number of benzene rings is 1. The molecule has 0 spiro atoms. The Labute approximate surface area is 300 Å². The summed E-state index contributed by atoms with van der Waals surface area (Å²) < 4.78 is 5.09. The maximum absolute atomic E-state index is 13.1. The van der Waals surface area contributed by atoms with Crippen LogP contribution in [0.2, 0.25) is 0 Å². The summed E-state index contributed by atoms with van der Waals surface area (Å²) in [5.41, 5.74) is 3.27. The van der Waals surface area contributed by atoms with E-state index in [4.69, 9.17) is 4.74 Å². The lowest BCUT2D eigenvalue weighted by Gasteiger charge is -2.19. The number of nitrogens with one attached hydrogen (secondary N) is 6. The summed E-state index contributed by atoms with van der Waals surface area (Å²) in [6.45, 7) is 10.6. The number of imide groups is 1. The van der Waals surface area contributed by atoms with Crippen LogP contribution in [0.1, 0.15) is 91.5 Å². The van der Waals surface area contributed by atoms with E-state index in [1.54, 1.807) is 31.2 Å². The van der Waals surface area contributed by atoms with Gasteiger partial charge in [-0.15, -0.1) is 0 Å².